The highest BCUT2D eigenvalue weighted by atomic mass is 79.9. The lowest BCUT2D eigenvalue weighted by Crippen LogP contribution is -2.21. The van der Waals surface area contributed by atoms with Crippen molar-refractivity contribution in [1.82, 2.24) is 4.90 Å². The molecule has 3 heterocycles. The van der Waals surface area contributed by atoms with E-state index in [1.54, 1.807) is 36.0 Å². The molecule has 6 nitrogen and oxygen atoms in total. The summed E-state index contributed by atoms with van der Waals surface area (Å²) in [4.78, 5) is 31.5. The van der Waals surface area contributed by atoms with Crippen LogP contribution in [0, 0.1) is 0 Å². The van der Waals surface area contributed by atoms with Crippen LogP contribution < -0.4 is 10.9 Å². The van der Waals surface area contributed by atoms with E-state index in [4.69, 9.17) is 4.42 Å². The molecule has 0 bridgehead atoms. The van der Waals surface area contributed by atoms with Crippen LogP contribution in [0.3, 0.4) is 0 Å². The van der Waals surface area contributed by atoms with Gasteiger partial charge >= 0.3 is 5.63 Å². The maximum Gasteiger partial charge on any atom is 0.349 e. The highest BCUT2D eigenvalue weighted by molar-refractivity contribution is 9.10. The Bertz CT molecular complexity index is 1260. The Morgan fingerprint density at radius 3 is 2.83 bits per heavy atom. The van der Waals surface area contributed by atoms with Gasteiger partial charge in [0.25, 0.3) is 5.91 Å². The number of carbonyl (C=O) groups is 1. The monoisotopic (exact) mass is 467 g/mol. The lowest BCUT2D eigenvalue weighted by Gasteiger charge is -2.16. The van der Waals surface area contributed by atoms with Crippen LogP contribution in [0.4, 0.5) is 5.69 Å². The zero-order valence-corrected chi connectivity index (χ0v) is 17.4. The molecule has 8 heteroatoms. The number of hydrogen-bond acceptors (Lipinski definition) is 6. The molecule has 0 fully saturated rings. The third-order valence-electron chi connectivity index (χ3n) is 4.75. The van der Waals surface area contributed by atoms with Crippen molar-refractivity contribution >= 4 is 61.1 Å². The number of amides is 1. The minimum Gasteiger partial charge on any atom is -0.422 e. The van der Waals surface area contributed by atoms with E-state index in [-0.39, 0.29) is 5.56 Å². The Morgan fingerprint density at radius 2 is 2.00 bits per heavy atom. The van der Waals surface area contributed by atoms with Crippen LogP contribution in [-0.4, -0.2) is 29.1 Å². The van der Waals surface area contributed by atoms with Gasteiger partial charge in [0.05, 0.1) is 12.2 Å². The summed E-state index contributed by atoms with van der Waals surface area (Å²) in [6.45, 7) is 1.71. The highest BCUT2D eigenvalue weighted by Gasteiger charge is 2.27. The summed E-state index contributed by atoms with van der Waals surface area (Å²) in [7, 11) is 0. The van der Waals surface area contributed by atoms with Crippen LogP contribution in [0.5, 0.6) is 0 Å². The molecule has 0 saturated heterocycles. The molecule has 1 amide bonds. The predicted molar refractivity (Wildman–Crippen MR) is 119 cm³/mol. The molecule has 0 unspecified atom stereocenters. The van der Waals surface area contributed by atoms with E-state index in [1.165, 1.54) is 0 Å². The van der Waals surface area contributed by atoms with E-state index >= 15 is 0 Å². The maximum absolute atomic E-state index is 12.6. The molecule has 5 rings (SSSR count). The first-order valence-corrected chi connectivity index (χ1v) is 10.6. The number of nitrogens with zero attached hydrogens (tertiary/aromatic N) is 2. The molecule has 0 atom stereocenters. The molecule has 144 valence electrons. The molecule has 2 aromatic carbocycles. The Labute approximate surface area is 178 Å². The van der Waals surface area contributed by atoms with Crippen molar-refractivity contribution in [3.63, 3.8) is 0 Å². The molecule has 0 spiro atoms. The van der Waals surface area contributed by atoms with Crippen molar-refractivity contribution in [3.05, 3.63) is 80.0 Å². The minimum absolute atomic E-state index is 0.0347. The molecule has 29 heavy (non-hydrogen) atoms. The standard InChI is InChI=1S/C21H14BrN3O3S/c22-14-3-6-18-13(9-14)10-16(20(27)28-18)19(26)24-15-4-1-12(2-5-15)17-11-29-21-23-7-8-25(17)21/h1-6,9-11H,7-8H2,(H,24,26). The number of amidine groups is 1. The zero-order chi connectivity index (χ0) is 20.0. The lowest BCUT2D eigenvalue weighted by molar-refractivity contribution is 0.102. The van der Waals surface area contributed by atoms with Crippen molar-refractivity contribution in [3.8, 4) is 0 Å². The normalized spacial score (nSPS) is 15.3. The second-order valence-electron chi connectivity index (χ2n) is 6.60. The number of anilines is 1. The maximum atomic E-state index is 12.6. The number of aliphatic imine (C=N–C) groups is 1. The van der Waals surface area contributed by atoms with Gasteiger partial charge in [-0.15, -0.1) is 0 Å². The average molecular weight is 468 g/mol. The van der Waals surface area contributed by atoms with E-state index in [0.29, 0.717) is 16.7 Å². The van der Waals surface area contributed by atoms with E-state index < -0.39 is 11.5 Å². The fraction of sp³-hybridized carbons (Fsp3) is 0.0952. The Balaban J connectivity index is 1.37. The molecule has 0 aliphatic carbocycles. The molecule has 0 radical (unpaired) electrons. The minimum atomic E-state index is -0.664. The van der Waals surface area contributed by atoms with Crippen molar-refractivity contribution in [2.75, 3.05) is 18.4 Å². The van der Waals surface area contributed by atoms with Gasteiger partial charge in [-0.2, -0.15) is 0 Å². The van der Waals surface area contributed by atoms with Crippen molar-refractivity contribution in [1.29, 1.82) is 0 Å². The van der Waals surface area contributed by atoms with Gasteiger partial charge in [0.1, 0.15) is 11.1 Å². The molecule has 1 aromatic heterocycles. The number of fused-ring (bicyclic) bond motifs is 2. The largest absolute Gasteiger partial charge is 0.422 e. The summed E-state index contributed by atoms with van der Waals surface area (Å²) >= 11 is 5.01. The second kappa shape index (κ2) is 7.20. The van der Waals surface area contributed by atoms with Gasteiger partial charge < -0.3 is 14.6 Å². The van der Waals surface area contributed by atoms with Crippen LogP contribution in [0.25, 0.3) is 16.7 Å². The quantitative estimate of drug-likeness (QED) is 0.572. The number of rotatable bonds is 3. The lowest BCUT2D eigenvalue weighted by atomic mass is 10.1. The summed E-state index contributed by atoms with van der Waals surface area (Å²) in [6, 6.07) is 14.4. The first-order chi connectivity index (χ1) is 14.1. The van der Waals surface area contributed by atoms with Crippen LogP contribution in [0.1, 0.15) is 15.9 Å². The van der Waals surface area contributed by atoms with Gasteiger partial charge in [-0.1, -0.05) is 39.8 Å². The number of nitrogens with one attached hydrogen (secondary N) is 1. The molecule has 0 saturated carbocycles. The molecule has 2 aliphatic heterocycles. The van der Waals surface area contributed by atoms with Crippen molar-refractivity contribution < 1.29 is 9.21 Å². The second-order valence-corrected chi connectivity index (χ2v) is 8.35. The van der Waals surface area contributed by atoms with Gasteiger partial charge in [0.15, 0.2) is 5.17 Å². The van der Waals surface area contributed by atoms with Crippen molar-refractivity contribution in [2.45, 2.75) is 0 Å². The number of halogens is 1. The molecule has 1 N–H and O–H groups in total. The van der Waals surface area contributed by atoms with Gasteiger partial charge in [0.2, 0.25) is 0 Å². The predicted octanol–water partition coefficient (Wildman–Crippen LogP) is 4.52. The van der Waals surface area contributed by atoms with E-state index in [1.807, 2.05) is 24.3 Å². The highest BCUT2D eigenvalue weighted by Crippen LogP contribution is 2.35. The Morgan fingerprint density at radius 1 is 1.17 bits per heavy atom. The number of carbonyl (C=O) groups excluding carboxylic acids is 1. The van der Waals surface area contributed by atoms with E-state index in [9.17, 15) is 9.59 Å². The van der Waals surface area contributed by atoms with Crippen LogP contribution >= 0.6 is 27.7 Å². The molecule has 2 aliphatic rings. The summed E-state index contributed by atoms with van der Waals surface area (Å²) in [5.41, 5.74) is 2.51. The summed E-state index contributed by atoms with van der Waals surface area (Å²) in [5, 5.41) is 6.57. The van der Waals surface area contributed by atoms with Gasteiger partial charge in [-0.05, 0) is 42.0 Å². The SMILES string of the molecule is O=C(Nc1ccc(C2=CSC3=NCCN23)cc1)c1cc2cc(Br)ccc2oc1=O. The summed E-state index contributed by atoms with van der Waals surface area (Å²) in [6.07, 6.45) is 0. The van der Waals surface area contributed by atoms with E-state index in [0.717, 1.165) is 34.0 Å². The smallest absolute Gasteiger partial charge is 0.349 e. The Kier molecular flexibility index (Phi) is 4.52. The van der Waals surface area contributed by atoms with Crippen LogP contribution in [-0.2, 0) is 0 Å². The van der Waals surface area contributed by atoms with Crippen LogP contribution in [0.2, 0.25) is 0 Å². The first-order valence-electron chi connectivity index (χ1n) is 8.92. The van der Waals surface area contributed by atoms with Gasteiger partial charge in [-0.3, -0.25) is 9.79 Å². The molecule has 3 aromatic rings. The first kappa shape index (κ1) is 18.2. The third-order valence-corrected chi connectivity index (χ3v) is 6.14. The topological polar surface area (TPSA) is 74.9 Å². The number of benzene rings is 2. The van der Waals surface area contributed by atoms with Crippen molar-refractivity contribution in [2.24, 2.45) is 4.99 Å². The van der Waals surface area contributed by atoms with Gasteiger partial charge in [0, 0.05) is 27.5 Å². The zero-order valence-electron chi connectivity index (χ0n) is 15.0. The Hall–Kier alpha value is -2.84. The number of hydrogen-bond donors (Lipinski definition) is 1. The third kappa shape index (κ3) is 3.38. The fourth-order valence-electron chi connectivity index (χ4n) is 3.32. The average Bonchev–Trinajstić information content (AvgIpc) is 3.32. The summed E-state index contributed by atoms with van der Waals surface area (Å²) in [5.74, 6) is -0.502. The molecular weight excluding hydrogens is 454 g/mol. The van der Waals surface area contributed by atoms with Gasteiger partial charge in [-0.25, -0.2) is 4.79 Å². The fourth-order valence-corrected chi connectivity index (χ4v) is 4.66. The van der Waals surface area contributed by atoms with Crippen LogP contribution in [0.15, 0.2) is 72.6 Å². The summed E-state index contributed by atoms with van der Waals surface area (Å²) < 4.78 is 6.11. The van der Waals surface area contributed by atoms with E-state index in [2.05, 4.69) is 36.5 Å². The molecular formula is C21H14BrN3O3S. The number of thioether (sulfide) groups is 1.